The van der Waals surface area contributed by atoms with Gasteiger partial charge >= 0.3 is 0 Å². The van der Waals surface area contributed by atoms with Gasteiger partial charge in [-0.15, -0.1) is 0 Å². The molecule has 1 unspecified atom stereocenters. The molecular weight excluding hydrogens is 282 g/mol. The van der Waals surface area contributed by atoms with Gasteiger partial charge in [-0.3, -0.25) is 0 Å². The molecule has 0 radical (unpaired) electrons. The van der Waals surface area contributed by atoms with E-state index in [0.29, 0.717) is 37.8 Å². The number of nitrogens with zero attached hydrogens (tertiary/aromatic N) is 3. The molecule has 0 aliphatic carbocycles. The summed E-state index contributed by atoms with van der Waals surface area (Å²) in [4.78, 5) is 4.03. The second-order valence-corrected chi connectivity index (χ2v) is 6.74. The standard InChI is InChI=1S/C11H21N5O3S/c1-9-14-11(15-19-9)4-5-13-20(17,18)16-6-2-3-10(7-12)8-16/h10,13H,2-8,12H2,1H3. The lowest BCUT2D eigenvalue weighted by molar-refractivity contribution is 0.269. The molecule has 0 aromatic carbocycles. The Morgan fingerprint density at radius 3 is 3.00 bits per heavy atom. The highest BCUT2D eigenvalue weighted by Gasteiger charge is 2.27. The number of nitrogens with one attached hydrogen (secondary N) is 1. The van der Waals surface area contributed by atoms with Crippen molar-refractivity contribution in [2.45, 2.75) is 26.2 Å². The quantitative estimate of drug-likeness (QED) is 0.727. The fourth-order valence-corrected chi connectivity index (χ4v) is 3.58. The number of hydrogen-bond acceptors (Lipinski definition) is 6. The van der Waals surface area contributed by atoms with Crippen molar-refractivity contribution in [3.63, 3.8) is 0 Å². The molecule has 9 heteroatoms. The molecule has 114 valence electrons. The number of rotatable bonds is 6. The van der Waals surface area contributed by atoms with Crippen LogP contribution in [0, 0.1) is 12.8 Å². The van der Waals surface area contributed by atoms with E-state index in [-0.39, 0.29) is 12.5 Å². The van der Waals surface area contributed by atoms with E-state index < -0.39 is 10.2 Å². The van der Waals surface area contributed by atoms with Gasteiger partial charge in [0, 0.05) is 33.0 Å². The molecule has 1 aromatic heterocycles. The molecule has 1 saturated heterocycles. The monoisotopic (exact) mass is 303 g/mol. The van der Waals surface area contributed by atoms with Gasteiger partial charge in [0.1, 0.15) is 0 Å². The van der Waals surface area contributed by atoms with Crippen LogP contribution in [0.1, 0.15) is 24.6 Å². The molecule has 1 fully saturated rings. The zero-order valence-electron chi connectivity index (χ0n) is 11.6. The molecule has 20 heavy (non-hydrogen) atoms. The number of hydrogen-bond donors (Lipinski definition) is 2. The van der Waals surface area contributed by atoms with Gasteiger partial charge in [0.05, 0.1) is 0 Å². The Hall–Kier alpha value is -1.03. The third kappa shape index (κ3) is 3.98. The zero-order chi connectivity index (χ0) is 14.6. The lowest BCUT2D eigenvalue weighted by atomic mass is 10.0. The maximum Gasteiger partial charge on any atom is 0.279 e. The highest BCUT2D eigenvalue weighted by molar-refractivity contribution is 7.87. The molecule has 0 amide bonds. The summed E-state index contributed by atoms with van der Waals surface area (Å²) in [6.07, 6.45) is 2.25. The SMILES string of the molecule is Cc1nc(CCNS(=O)(=O)N2CCCC(CN)C2)no1. The van der Waals surface area contributed by atoms with Crippen molar-refractivity contribution in [3.05, 3.63) is 11.7 Å². The van der Waals surface area contributed by atoms with Crippen LogP contribution >= 0.6 is 0 Å². The summed E-state index contributed by atoms with van der Waals surface area (Å²) in [5.41, 5.74) is 5.62. The average Bonchev–Trinajstić information content (AvgIpc) is 2.84. The molecule has 1 aliphatic heterocycles. The van der Waals surface area contributed by atoms with E-state index in [0.717, 1.165) is 12.8 Å². The molecule has 3 N–H and O–H groups in total. The maximum atomic E-state index is 12.2. The van der Waals surface area contributed by atoms with Crippen LogP contribution in [0.5, 0.6) is 0 Å². The molecule has 0 bridgehead atoms. The lowest BCUT2D eigenvalue weighted by Crippen LogP contribution is -2.47. The number of nitrogens with two attached hydrogens (primary N) is 1. The van der Waals surface area contributed by atoms with Crippen molar-refractivity contribution in [1.29, 1.82) is 0 Å². The van der Waals surface area contributed by atoms with Gasteiger partial charge in [0.25, 0.3) is 10.2 Å². The molecule has 2 heterocycles. The highest BCUT2D eigenvalue weighted by Crippen LogP contribution is 2.17. The van der Waals surface area contributed by atoms with E-state index in [1.165, 1.54) is 4.31 Å². The largest absolute Gasteiger partial charge is 0.340 e. The summed E-state index contributed by atoms with van der Waals surface area (Å²) < 4.78 is 33.2. The molecule has 1 aliphatic rings. The lowest BCUT2D eigenvalue weighted by Gasteiger charge is -2.31. The van der Waals surface area contributed by atoms with E-state index in [1.807, 2.05) is 0 Å². The smallest absolute Gasteiger partial charge is 0.279 e. The summed E-state index contributed by atoms with van der Waals surface area (Å²) in [7, 11) is -3.45. The highest BCUT2D eigenvalue weighted by atomic mass is 32.2. The van der Waals surface area contributed by atoms with E-state index in [1.54, 1.807) is 6.92 Å². The zero-order valence-corrected chi connectivity index (χ0v) is 12.4. The Balaban J connectivity index is 1.84. The van der Waals surface area contributed by atoms with E-state index in [4.69, 9.17) is 10.3 Å². The predicted octanol–water partition coefficient (Wildman–Crippen LogP) is -0.574. The first-order valence-electron chi connectivity index (χ1n) is 6.75. The molecule has 0 spiro atoms. The van der Waals surface area contributed by atoms with Crippen molar-refractivity contribution < 1.29 is 12.9 Å². The van der Waals surface area contributed by atoms with Crippen LogP contribution in [0.3, 0.4) is 0 Å². The average molecular weight is 303 g/mol. The van der Waals surface area contributed by atoms with E-state index in [9.17, 15) is 8.42 Å². The summed E-state index contributed by atoms with van der Waals surface area (Å²) in [5, 5.41) is 3.72. The molecular formula is C11H21N5O3S. The van der Waals surface area contributed by atoms with Gasteiger partial charge in [-0.25, -0.2) is 4.72 Å². The second-order valence-electron chi connectivity index (χ2n) is 4.98. The van der Waals surface area contributed by atoms with Crippen molar-refractivity contribution in [3.8, 4) is 0 Å². The number of piperidine rings is 1. The summed E-state index contributed by atoms with van der Waals surface area (Å²) >= 11 is 0. The molecule has 1 atom stereocenters. The van der Waals surface area contributed by atoms with E-state index in [2.05, 4.69) is 14.9 Å². The third-order valence-corrected chi connectivity index (χ3v) is 4.94. The van der Waals surface area contributed by atoms with Crippen LogP contribution in [0.25, 0.3) is 0 Å². The fourth-order valence-electron chi connectivity index (χ4n) is 2.26. The Kier molecular flexibility index (Phi) is 5.08. The Bertz CT molecular complexity index is 530. The minimum atomic E-state index is -3.45. The molecule has 8 nitrogen and oxygen atoms in total. The summed E-state index contributed by atoms with van der Waals surface area (Å²) in [6.45, 7) is 3.51. The van der Waals surface area contributed by atoms with Gasteiger partial charge in [0.2, 0.25) is 5.89 Å². The van der Waals surface area contributed by atoms with Gasteiger partial charge in [0.15, 0.2) is 5.82 Å². The van der Waals surface area contributed by atoms with Crippen LogP contribution in [-0.2, 0) is 16.6 Å². The van der Waals surface area contributed by atoms with Crippen molar-refractivity contribution in [2.24, 2.45) is 11.7 Å². The predicted molar refractivity (Wildman–Crippen MR) is 73.0 cm³/mol. The molecule has 2 rings (SSSR count). The second kappa shape index (κ2) is 6.61. The summed E-state index contributed by atoms with van der Waals surface area (Å²) in [6, 6.07) is 0. The van der Waals surface area contributed by atoms with Crippen LogP contribution in [0.15, 0.2) is 4.52 Å². The van der Waals surface area contributed by atoms with Crippen molar-refractivity contribution >= 4 is 10.2 Å². The van der Waals surface area contributed by atoms with Crippen LogP contribution in [0.4, 0.5) is 0 Å². The first-order chi connectivity index (χ1) is 9.51. The Morgan fingerprint density at radius 2 is 2.35 bits per heavy atom. The number of aromatic nitrogens is 2. The van der Waals surface area contributed by atoms with E-state index >= 15 is 0 Å². The minimum Gasteiger partial charge on any atom is -0.340 e. The van der Waals surface area contributed by atoms with Gasteiger partial charge < -0.3 is 10.3 Å². The Morgan fingerprint density at radius 1 is 1.55 bits per heavy atom. The normalized spacial score (nSPS) is 21.2. The molecule has 1 aromatic rings. The van der Waals surface area contributed by atoms with Crippen molar-refractivity contribution in [2.75, 3.05) is 26.2 Å². The van der Waals surface area contributed by atoms with Crippen LogP contribution < -0.4 is 10.5 Å². The number of aryl methyl sites for hydroxylation is 1. The van der Waals surface area contributed by atoms with Crippen LogP contribution in [0.2, 0.25) is 0 Å². The van der Waals surface area contributed by atoms with Gasteiger partial charge in [-0.2, -0.15) is 17.7 Å². The van der Waals surface area contributed by atoms with Crippen LogP contribution in [-0.4, -0.2) is 49.0 Å². The third-order valence-electron chi connectivity index (χ3n) is 3.36. The first kappa shape index (κ1) is 15.4. The van der Waals surface area contributed by atoms with Crippen molar-refractivity contribution in [1.82, 2.24) is 19.2 Å². The van der Waals surface area contributed by atoms with Gasteiger partial charge in [-0.05, 0) is 25.3 Å². The maximum absolute atomic E-state index is 12.2. The Labute approximate surface area is 118 Å². The fraction of sp³-hybridized carbons (Fsp3) is 0.818. The first-order valence-corrected chi connectivity index (χ1v) is 8.19. The summed E-state index contributed by atoms with van der Waals surface area (Å²) in [5.74, 6) is 1.23. The van der Waals surface area contributed by atoms with Gasteiger partial charge in [-0.1, -0.05) is 5.16 Å². The topological polar surface area (TPSA) is 114 Å². The minimum absolute atomic E-state index is 0.250. The molecule has 0 saturated carbocycles.